The van der Waals surface area contributed by atoms with E-state index in [1.807, 2.05) is 57.2 Å². The van der Waals surface area contributed by atoms with Gasteiger partial charge in [-0.15, -0.1) is 0 Å². The van der Waals surface area contributed by atoms with E-state index in [9.17, 15) is 18.0 Å². The first-order valence-electron chi connectivity index (χ1n) is 15.1. The molecule has 0 saturated carbocycles. The summed E-state index contributed by atoms with van der Waals surface area (Å²) in [5, 5.41) is 3.55. The van der Waals surface area contributed by atoms with Gasteiger partial charge in [0, 0.05) is 24.5 Å². The second-order valence-corrected chi connectivity index (χ2v) is 13.5. The minimum Gasteiger partial charge on any atom is -0.354 e. The van der Waals surface area contributed by atoms with E-state index in [-0.39, 0.29) is 23.8 Å². The van der Waals surface area contributed by atoms with Crippen molar-refractivity contribution in [2.75, 3.05) is 17.4 Å². The summed E-state index contributed by atoms with van der Waals surface area (Å²) >= 11 is 6.15. The molecule has 0 saturated heterocycles. The molecule has 4 aromatic carbocycles. The van der Waals surface area contributed by atoms with Gasteiger partial charge in [0.05, 0.1) is 10.6 Å². The number of anilines is 1. The van der Waals surface area contributed by atoms with Crippen LogP contribution in [0, 0.1) is 13.8 Å². The van der Waals surface area contributed by atoms with Crippen molar-refractivity contribution < 1.29 is 18.0 Å². The fourth-order valence-corrected chi connectivity index (χ4v) is 6.73. The molecule has 4 rings (SSSR count). The van der Waals surface area contributed by atoms with Gasteiger partial charge in [-0.2, -0.15) is 0 Å². The molecule has 0 aliphatic heterocycles. The first-order chi connectivity index (χ1) is 21.6. The second-order valence-electron chi connectivity index (χ2n) is 11.2. The number of hydrogen-bond acceptors (Lipinski definition) is 4. The van der Waals surface area contributed by atoms with E-state index in [0.29, 0.717) is 17.3 Å². The molecule has 1 atom stereocenters. The Bertz CT molecular complexity index is 1660. The van der Waals surface area contributed by atoms with E-state index in [1.165, 1.54) is 17.0 Å². The van der Waals surface area contributed by atoms with Crippen molar-refractivity contribution in [3.05, 3.63) is 130 Å². The third-order valence-corrected chi connectivity index (χ3v) is 9.51. The molecule has 0 aliphatic carbocycles. The van der Waals surface area contributed by atoms with Crippen LogP contribution in [0.3, 0.4) is 0 Å². The molecule has 0 spiro atoms. The Kier molecular flexibility index (Phi) is 11.8. The fraction of sp³-hybridized carbons (Fsp3) is 0.278. The minimum atomic E-state index is -4.15. The molecule has 4 aromatic rings. The molecule has 236 valence electrons. The lowest BCUT2D eigenvalue weighted by atomic mass is 10.0. The smallest absolute Gasteiger partial charge is 0.264 e. The van der Waals surface area contributed by atoms with Gasteiger partial charge in [0.15, 0.2) is 0 Å². The van der Waals surface area contributed by atoms with Crippen molar-refractivity contribution in [1.29, 1.82) is 0 Å². The number of nitrogens with one attached hydrogen (secondary N) is 1. The highest BCUT2D eigenvalue weighted by molar-refractivity contribution is 7.92. The van der Waals surface area contributed by atoms with Gasteiger partial charge >= 0.3 is 0 Å². The average Bonchev–Trinajstić information content (AvgIpc) is 3.02. The van der Waals surface area contributed by atoms with E-state index in [0.717, 1.165) is 39.4 Å². The molecule has 45 heavy (non-hydrogen) atoms. The molecular formula is C36H40ClN3O4S. The van der Waals surface area contributed by atoms with Crippen LogP contribution in [0.15, 0.2) is 108 Å². The van der Waals surface area contributed by atoms with Crippen molar-refractivity contribution in [3.63, 3.8) is 0 Å². The Morgan fingerprint density at radius 3 is 2.02 bits per heavy atom. The number of benzene rings is 4. The first-order valence-corrected chi connectivity index (χ1v) is 16.9. The number of amides is 2. The lowest BCUT2D eigenvalue weighted by Gasteiger charge is -2.34. The molecule has 2 amide bonds. The SMILES string of the molecule is CCCCNC(=O)[C@H](Cc1ccccc1)N(Cc1ccc(Cl)cc1)C(=O)CN(c1cc(C)cc(C)c1)S(=O)(=O)c1ccccc1. The molecule has 0 heterocycles. The molecule has 9 heteroatoms. The Morgan fingerprint density at radius 2 is 1.42 bits per heavy atom. The summed E-state index contributed by atoms with van der Waals surface area (Å²) in [4.78, 5) is 29.9. The summed E-state index contributed by atoms with van der Waals surface area (Å²) < 4.78 is 29.4. The van der Waals surface area contributed by atoms with Crippen LogP contribution in [-0.4, -0.2) is 44.3 Å². The molecule has 0 fully saturated rings. The standard InChI is InChI=1S/C36H40ClN3O4S/c1-4-5-20-38-36(42)34(24-29-12-8-6-9-13-29)39(25-30-16-18-31(37)19-17-30)35(41)26-40(32-22-27(2)21-28(3)23-32)45(43,44)33-14-10-7-11-15-33/h6-19,21-23,34H,4-5,20,24-26H2,1-3H3,(H,38,42)/t34-/m0/s1. The van der Waals surface area contributed by atoms with E-state index >= 15 is 0 Å². The van der Waals surface area contributed by atoms with E-state index in [1.54, 1.807) is 54.6 Å². The van der Waals surface area contributed by atoms with Crippen LogP contribution in [0.4, 0.5) is 5.69 Å². The maximum Gasteiger partial charge on any atom is 0.264 e. The van der Waals surface area contributed by atoms with Gasteiger partial charge in [-0.05, 0) is 78.9 Å². The molecule has 0 bridgehead atoms. The zero-order valence-electron chi connectivity index (χ0n) is 25.9. The maximum absolute atomic E-state index is 14.5. The van der Waals surface area contributed by atoms with Gasteiger partial charge in [-0.1, -0.05) is 91.7 Å². The number of rotatable bonds is 14. The Balaban J connectivity index is 1.80. The van der Waals surface area contributed by atoms with Crippen molar-refractivity contribution >= 4 is 39.1 Å². The summed E-state index contributed by atoms with van der Waals surface area (Å²) in [5.41, 5.74) is 3.74. The van der Waals surface area contributed by atoms with Gasteiger partial charge in [0.25, 0.3) is 10.0 Å². The van der Waals surface area contributed by atoms with E-state index in [4.69, 9.17) is 11.6 Å². The molecule has 1 N–H and O–H groups in total. The Labute approximate surface area is 271 Å². The van der Waals surface area contributed by atoms with Gasteiger partial charge in [0.1, 0.15) is 12.6 Å². The van der Waals surface area contributed by atoms with Gasteiger partial charge < -0.3 is 10.2 Å². The highest BCUT2D eigenvalue weighted by Gasteiger charge is 2.34. The predicted molar refractivity (Wildman–Crippen MR) is 181 cm³/mol. The Morgan fingerprint density at radius 1 is 0.822 bits per heavy atom. The number of carbonyl (C=O) groups excluding carboxylic acids is 2. The number of nitrogens with zero attached hydrogens (tertiary/aromatic N) is 2. The zero-order chi connectivity index (χ0) is 32.4. The monoisotopic (exact) mass is 645 g/mol. The van der Waals surface area contributed by atoms with Crippen LogP contribution in [-0.2, 0) is 32.6 Å². The summed E-state index contributed by atoms with van der Waals surface area (Å²) in [6, 6.07) is 29.2. The fourth-order valence-electron chi connectivity index (χ4n) is 5.19. The summed E-state index contributed by atoms with van der Waals surface area (Å²) in [6.45, 7) is 5.87. The number of aryl methyl sites for hydroxylation is 2. The molecule has 0 aliphatic rings. The topological polar surface area (TPSA) is 86.8 Å². The lowest BCUT2D eigenvalue weighted by Crippen LogP contribution is -2.53. The minimum absolute atomic E-state index is 0.0688. The van der Waals surface area contributed by atoms with E-state index < -0.39 is 28.5 Å². The van der Waals surface area contributed by atoms with Crippen molar-refractivity contribution in [1.82, 2.24) is 10.2 Å². The molecule has 7 nitrogen and oxygen atoms in total. The van der Waals surface area contributed by atoms with Gasteiger partial charge in [-0.25, -0.2) is 8.42 Å². The third kappa shape index (κ3) is 9.19. The van der Waals surface area contributed by atoms with Crippen LogP contribution in [0.5, 0.6) is 0 Å². The number of halogens is 1. The zero-order valence-corrected chi connectivity index (χ0v) is 27.5. The predicted octanol–water partition coefficient (Wildman–Crippen LogP) is 6.71. The number of sulfonamides is 1. The molecule has 0 radical (unpaired) electrons. The van der Waals surface area contributed by atoms with E-state index in [2.05, 4.69) is 5.32 Å². The number of unbranched alkanes of at least 4 members (excludes halogenated alkanes) is 1. The van der Waals surface area contributed by atoms with Crippen LogP contribution in [0.25, 0.3) is 0 Å². The van der Waals surface area contributed by atoms with Gasteiger partial charge in [0.2, 0.25) is 11.8 Å². The van der Waals surface area contributed by atoms with Crippen LogP contribution in [0.1, 0.15) is 42.0 Å². The third-order valence-electron chi connectivity index (χ3n) is 7.47. The number of carbonyl (C=O) groups is 2. The highest BCUT2D eigenvalue weighted by atomic mass is 35.5. The lowest BCUT2D eigenvalue weighted by molar-refractivity contribution is -0.140. The first kappa shape index (κ1) is 33.7. The average molecular weight is 646 g/mol. The molecular weight excluding hydrogens is 606 g/mol. The van der Waals surface area contributed by atoms with Gasteiger partial charge in [-0.3, -0.25) is 13.9 Å². The van der Waals surface area contributed by atoms with Crippen molar-refractivity contribution in [3.8, 4) is 0 Å². The second kappa shape index (κ2) is 15.7. The number of hydrogen-bond donors (Lipinski definition) is 1. The van der Waals surface area contributed by atoms with Crippen LogP contribution in [0.2, 0.25) is 5.02 Å². The molecule has 0 aromatic heterocycles. The summed E-state index contributed by atoms with van der Waals surface area (Å²) in [5.74, 6) is -0.798. The highest BCUT2D eigenvalue weighted by Crippen LogP contribution is 2.27. The van der Waals surface area contributed by atoms with Crippen molar-refractivity contribution in [2.45, 2.75) is 57.5 Å². The Hall–Kier alpha value is -4.14. The quantitative estimate of drug-likeness (QED) is 0.155. The van der Waals surface area contributed by atoms with Crippen molar-refractivity contribution in [2.24, 2.45) is 0 Å². The van der Waals surface area contributed by atoms with Crippen LogP contribution < -0.4 is 9.62 Å². The largest absolute Gasteiger partial charge is 0.354 e. The summed E-state index contributed by atoms with van der Waals surface area (Å²) in [6.07, 6.45) is 1.96. The molecule has 0 unspecified atom stereocenters. The normalized spacial score (nSPS) is 11.9. The maximum atomic E-state index is 14.5. The van der Waals surface area contributed by atoms with Crippen LogP contribution >= 0.6 is 11.6 Å². The summed E-state index contributed by atoms with van der Waals surface area (Å²) in [7, 11) is -4.15.